The molecule has 0 saturated carbocycles. The lowest BCUT2D eigenvalue weighted by molar-refractivity contribution is 0.0942. The topological polar surface area (TPSA) is 55.1 Å². The third kappa shape index (κ3) is 4.16. The van der Waals surface area contributed by atoms with E-state index in [0.29, 0.717) is 22.2 Å². The molecule has 0 atom stereocenters. The summed E-state index contributed by atoms with van der Waals surface area (Å²) in [5.74, 6) is -0.212. The van der Waals surface area contributed by atoms with E-state index in [4.69, 9.17) is 28.9 Å². The second-order valence-electron chi connectivity index (χ2n) is 4.41. The third-order valence-electron chi connectivity index (χ3n) is 3.13. The fourth-order valence-corrected chi connectivity index (χ4v) is 2.07. The van der Waals surface area contributed by atoms with Gasteiger partial charge in [0.1, 0.15) is 0 Å². The molecule has 1 aromatic carbocycles. The Morgan fingerprint density at radius 3 is 2.17 bits per heavy atom. The summed E-state index contributed by atoms with van der Waals surface area (Å²) in [7, 11) is 0. The predicted molar refractivity (Wildman–Crippen MR) is 76.3 cm³/mol. The molecule has 0 aliphatic rings. The van der Waals surface area contributed by atoms with Crippen molar-refractivity contribution in [1.82, 2.24) is 5.32 Å². The van der Waals surface area contributed by atoms with Crippen LogP contribution in [-0.4, -0.2) is 18.0 Å². The average molecular weight is 289 g/mol. The molecule has 0 saturated heterocycles. The molecule has 3 nitrogen and oxygen atoms in total. The first kappa shape index (κ1) is 15.3. The van der Waals surface area contributed by atoms with Crippen molar-refractivity contribution in [3.05, 3.63) is 33.8 Å². The smallest absolute Gasteiger partial charge is 0.251 e. The zero-order valence-electron chi connectivity index (χ0n) is 10.6. The van der Waals surface area contributed by atoms with Gasteiger partial charge in [0.25, 0.3) is 5.91 Å². The number of hydrogen-bond acceptors (Lipinski definition) is 2. The molecule has 0 unspecified atom stereocenters. The molecule has 0 aliphatic heterocycles. The number of nitrogens with two attached hydrogens (primary N) is 1. The summed E-state index contributed by atoms with van der Waals surface area (Å²) in [5.41, 5.74) is 6.20. The van der Waals surface area contributed by atoms with Gasteiger partial charge in [-0.3, -0.25) is 4.79 Å². The molecule has 0 bridgehead atoms. The molecule has 5 heteroatoms. The van der Waals surface area contributed by atoms with E-state index in [0.717, 1.165) is 12.8 Å². The van der Waals surface area contributed by atoms with Crippen LogP contribution >= 0.6 is 23.2 Å². The molecule has 0 radical (unpaired) electrons. The summed E-state index contributed by atoms with van der Waals surface area (Å²) in [6, 6.07) is 4.75. The number of amides is 1. The highest BCUT2D eigenvalue weighted by atomic mass is 35.5. The van der Waals surface area contributed by atoms with Gasteiger partial charge in [0.05, 0.1) is 0 Å². The van der Waals surface area contributed by atoms with E-state index in [-0.39, 0.29) is 11.4 Å². The fraction of sp³-hybridized carbons (Fsp3) is 0.462. The van der Waals surface area contributed by atoms with E-state index in [1.807, 2.05) is 13.8 Å². The predicted octanol–water partition coefficient (Wildman–Crippen LogP) is 3.24. The molecule has 0 heterocycles. The SMILES string of the molecule is CCC(N)(CC)CNC(=O)c1cc(Cl)cc(Cl)c1. The Balaban J connectivity index is 2.71. The zero-order chi connectivity index (χ0) is 13.8. The molecule has 0 spiro atoms. The second kappa shape index (κ2) is 6.41. The Morgan fingerprint density at radius 1 is 1.22 bits per heavy atom. The first-order valence-corrected chi connectivity index (χ1v) is 6.69. The van der Waals surface area contributed by atoms with Crippen molar-refractivity contribution in [3.63, 3.8) is 0 Å². The quantitative estimate of drug-likeness (QED) is 0.874. The Bertz CT molecular complexity index is 411. The maximum Gasteiger partial charge on any atom is 0.251 e. The molecule has 1 amide bonds. The van der Waals surface area contributed by atoms with E-state index in [9.17, 15) is 4.79 Å². The van der Waals surface area contributed by atoms with E-state index >= 15 is 0 Å². The van der Waals surface area contributed by atoms with Gasteiger partial charge >= 0.3 is 0 Å². The minimum atomic E-state index is -0.363. The van der Waals surface area contributed by atoms with E-state index in [1.54, 1.807) is 18.2 Å². The van der Waals surface area contributed by atoms with Gasteiger partial charge in [-0.05, 0) is 31.0 Å². The molecule has 100 valence electrons. The average Bonchev–Trinajstić information content (AvgIpc) is 2.34. The minimum Gasteiger partial charge on any atom is -0.350 e. The van der Waals surface area contributed by atoms with E-state index < -0.39 is 0 Å². The van der Waals surface area contributed by atoms with Gasteiger partial charge in [-0.15, -0.1) is 0 Å². The number of nitrogens with one attached hydrogen (secondary N) is 1. The number of rotatable bonds is 5. The summed E-state index contributed by atoms with van der Waals surface area (Å²) < 4.78 is 0. The van der Waals surface area contributed by atoms with Crippen LogP contribution in [0.25, 0.3) is 0 Å². The minimum absolute atomic E-state index is 0.212. The van der Waals surface area contributed by atoms with Gasteiger partial charge in [0.15, 0.2) is 0 Å². The molecule has 1 aromatic rings. The monoisotopic (exact) mass is 288 g/mol. The number of carbonyl (C=O) groups is 1. The van der Waals surface area contributed by atoms with Crippen molar-refractivity contribution in [1.29, 1.82) is 0 Å². The molecule has 0 fully saturated rings. The van der Waals surface area contributed by atoms with Crippen LogP contribution in [0.4, 0.5) is 0 Å². The van der Waals surface area contributed by atoms with Crippen molar-refractivity contribution in [2.45, 2.75) is 32.2 Å². The summed E-state index contributed by atoms with van der Waals surface area (Å²) >= 11 is 11.7. The Labute approximate surface area is 118 Å². The lowest BCUT2D eigenvalue weighted by Gasteiger charge is -2.26. The summed E-state index contributed by atoms with van der Waals surface area (Å²) in [6.45, 7) is 4.45. The number of benzene rings is 1. The number of carbonyl (C=O) groups excluding carboxylic acids is 1. The molecule has 1 rings (SSSR count). The third-order valence-corrected chi connectivity index (χ3v) is 3.57. The van der Waals surface area contributed by atoms with Crippen LogP contribution in [0.2, 0.25) is 10.0 Å². The Hall–Kier alpha value is -0.770. The van der Waals surface area contributed by atoms with Crippen molar-refractivity contribution in [2.24, 2.45) is 5.73 Å². The number of hydrogen-bond donors (Lipinski definition) is 2. The highest BCUT2D eigenvalue weighted by molar-refractivity contribution is 6.35. The number of halogens is 2. The van der Waals surface area contributed by atoms with Crippen LogP contribution in [0.3, 0.4) is 0 Å². The molecule has 18 heavy (non-hydrogen) atoms. The fourth-order valence-electron chi connectivity index (χ4n) is 1.54. The first-order valence-electron chi connectivity index (χ1n) is 5.93. The Morgan fingerprint density at radius 2 is 1.72 bits per heavy atom. The Kier molecular flexibility index (Phi) is 5.45. The zero-order valence-corrected chi connectivity index (χ0v) is 12.1. The highest BCUT2D eigenvalue weighted by Gasteiger charge is 2.21. The van der Waals surface area contributed by atoms with Gasteiger partial charge in [-0.25, -0.2) is 0 Å². The van der Waals surface area contributed by atoms with Gasteiger partial charge in [-0.2, -0.15) is 0 Å². The van der Waals surface area contributed by atoms with E-state index in [1.165, 1.54) is 0 Å². The summed E-state index contributed by atoms with van der Waals surface area (Å²) in [4.78, 5) is 11.9. The van der Waals surface area contributed by atoms with Crippen molar-refractivity contribution >= 4 is 29.1 Å². The lowest BCUT2D eigenvalue weighted by atomic mass is 9.94. The lowest BCUT2D eigenvalue weighted by Crippen LogP contribution is -2.49. The molecular weight excluding hydrogens is 271 g/mol. The maximum absolute atomic E-state index is 11.9. The first-order chi connectivity index (χ1) is 8.40. The van der Waals surface area contributed by atoms with Crippen molar-refractivity contribution in [3.8, 4) is 0 Å². The maximum atomic E-state index is 11.9. The van der Waals surface area contributed by atoms with Gasteiger partial charge in [0.2, 0.25) is 0 Å². The standard InChI is InChI=1S/C13H18Cl2N2O/c1-3-13(16,4-2)8-17-12(18)9-5-10(14)7-11(15)6-9/h5-7H,3-4,8,16H2,1-2H3,(H,17,18). The van der Waals surface area contributed by atoms with Crippen LogP contribution < -0.4 is 11.1 Å². The van der Waals surface area contributed by atoms with E-state index in [2.05, 4.69) is 5.32 Å². The summed E-state index contributed by atoms with van der Waals surface area (Å²) in [6.07, 6.45) is 1.61. The van der Waals surface area contributed by atoms with Crippen LogP contribution in [0.5, 0.6) is 0 Å². The molecule has 0 aromatic heterocycles. The highest BCUT2D eigenvalue weighted by Crippen LogP contribution is 2.19. The van der Waals surface area contributed by atoms with Crippen LogP contribution in [-0.2, 0) is 0 Å². The summed E-state index contributed by atoms with van der Waals surface area (Å²) in [5, 5.41) is 3.70. The normalized spacial score (nSPS) is 11.4. The van der Waals surface area contributed by atoms with Crippen LogP contribution in [0, 0.1) is 0 Å². The van der Waals surface area contributed by atoms with Crippen molar-refractivity contribution < 1.29 is 4.79 Å². The van der Waals surface area contributed by atoms with Gasteiger partial charge in [0, 0.05) is 27.7 Å². The molecule has 3 N–H and O–H groups in total. The van der Waals surface area contributed by atoms with Gasteiger partial charge < -0.3 is 11.1 Å². The molecular formula is C13H18Cl2N2O. The van der Waals surface area contributed by atoms with Crippen molar-refractivity contribution in [2.75, 3.05) is 6.54 Å². The molecule has 0 aliphatic carbocycles. The second-order valence-corrected chi connectivity index (χ2v) is 5.28. The van der Waals surface area contributed by atoms with Crippen LogP contribution in [0.1, 0.15) is 37.0 Å². The van der Waals surface area contributed by atoms with Crippen LogP contribution in [0.15, 0.2) is 18.2 Å². The van der Waals surface area contributed by atoms with Gasteiger partial charge in [-0.1, -0.05) is 37.0 Å². The largest absolute Gasteiger partial charge is 0.350 e.